The van der Waals surface area contributed by atoms with Gasteiger partial charge in [-0.15, -0.1) is 11.3 Å². The van der Waals surface area contributed by atoms with Gasteiger partial charge in [-0.3, -0.25) is 4.98 Å². The van der Waals surface area contributed by atoms with Crippen LogP contribution in [0.15, 0.2) is 38.7 Å². The van der Waals surface area contributed by atoms with Crippen LogP contribution < -0.4 is 5.32 Å². The van der Waals surface area contributed by atoms with Crippen molar-refractivity contribution in [2.45, 2.75) is 19.4 Å². The van der Waals surface area contributed by atoms with E-state index in [1.54, 1.807) is 11.3 Å². The highest BCUT2D eigenvalue weighted by atomic mass is 79.9. The van der Waals surface area contributed by atoms with E-state index in [1.165, 1.54) is 8.66 Å². The van der Waals surface area contributed by atoms with E-state index in [4.69, 9.17) is 0 Å². The average molecular weight is 390 g/mol. The van der Waals surface area contributed by atoms with Gasteiger partial charge in [0.05, 0.1) is 15.5 Å². The van der Waals surface area contributed by atoms with Gasteiger partial charge in [0.1, 0.15) is 0 Å². The summed E-state index contributed by atoms with van der Waals surface area (Å²) in [7, 11) is 0. The second kappa shape index (κ2) is 6.80. The number of nitrogens with one attached hydrogen (secondary N) is 1. The van der Waals surface area contributed by atoms with Gasteiger partial charge in [0, 0.05) is 22.0 Å². The lowest BCUT2D eigenvalue weighted by atomic mass is 10.1. The van der Waals surface area contributed by atoms with E-state index in [2.05, 4.69) is 61.2 Å². The van der Waals surface area contributed by atoms with Crippen molar-refractivity contribution in [2.24, 2.45) is 0 Å². The maximum Gasteiger partial charge on any atom is 0.0718 e. The van der Waals surface area contributed by atoms with Gasteiger partial charge in [0.25, 0.3) is 0 Å². The fraction of sp³-hybridized carbons (Fsp3) is 0.308. The van der Waals surface area contributed by atoms with Crippen molar-refractivity contribution in [1.29, 1.82) is 0 Å². The molecule has 0 spiro atoms. The molecule has 1 N–H and O–H groups in total. The van der Waals surface area contributed by atoms with Gasteiger partial charge in [-0.2, -0.15) is 0 Å². The number of hydrogen-bond acceptors (Lipinski definition) is 3. The van der Waals surface area contributed by atoms with Gasteiger partial charge in [0.2, 0.25) is 0 Å². The predicted octanol–water partition coefficient (Wildman–Crippen LogP) is 4.56. The van der Waals surface area contributed by atoms with Crippen molar-refractivity contribution in [3.63, 3.8) is 0 Å². The molecule has 0 bridgehead atoms. The molecule has 2 aromatic heterocycles. The molecule has 5 heteroatoms. The third kappa shape index (κ3) is 3.63. The number of thiophene rings is 1. The SMILES string of the molecule is CCNC(Cc1ccc(Br)s1)c1ncccc1Br. The van der Waals surface area contributed by atoms with Crippen molar-refractivity contribution in [1.82, 2.24) is 10.3 Å². The normalized spacial score (nSPS) is 12.6. The number of pyridine rings is 1. The number of rotatable bonds is 5. The van der Waals surface area contributed by atoms with E-state index in [-0.39, 0.29) is 6.04 Å². The fourth-order valence-electron chi connectivity index (χ4n) is 1.83. The molecule has 0 amide bonds. The first-order valence-corrected chi connectivity index (χ1v) is 8.19. The summed E-state index contributed by atoms with van der Waals surface area (Å²) in [6.07, 6.45) is 2.80. The summed E-state index contributed by atoms with van der Waals surface area (Å²) in [5.41, 5.74) is 1.07. The number of likely N-dealkylation sites (N-methyl/N-ethyl adjacent to an activating group) is 1. The minimum Gasteiger partial charge on any atom is -0.309 e. The molecule has 0 fully saturated rings. The van der Waals surface area contributed by atoms with Crippen LogP contribution in [0.5, 0.6) is 0 Å². The number of halogens is 2. The van der Waals surface area contributed by atoms with Crippen LogP contribution in [0.25, 0.3) is 0 Å². The number of nitrogens with zero attached hydrogens (tertiary/aromatic N) is 1. The third-order valence-corrected chi connectivity index (χ3v) is 4.92. The molecule has 2 rings (SSSR count). The lowest BCUT2D eigenvalue weighted by Gasteiger charge is -2.17. The molecule has 0 radical (unpaired) electrons. The van der Waals surface area contributed by atoms with Gasteiger partial charge in [-0.25, -0.2) is 0 Å². The van der Waals surface area contributed by atoms with Crippen LogP contribution in [0, 0.1) is 0 Å². The van der Waals surface area contributed by atoms with E-state index in [1.807, 2.05) is 18.3 Å². The molecule has 1 unspecified atom stereocenters. The van der Waals surface area contributed by atoms with Crippen molar-refractivity contribution in [3.8, 4) is 0 Å². The topological polar surface area (TPSA) is 24.9 Å². The number of aromatic nitrogens is 1. The van der Waals surface area contributed by atoms with Crippen LogP contribution in [0.3, 0.4) is 0 Å². The van der Waals surface area contributed by atoms with E-state index in [9.17, 15) is 0 Å². The Morgan fingerprint density at radius 3 is 2.78 bits per heavy atom. The molecule has 2 aromatic rings. The van der Waals surface area contributed by atoms with Gasteiger partial charge in [-0.05, 0) is 62.7 Å². The summed E-state index contributed by atoms with van der Waals surface area (Å²) in [6.45, 7) is 3.05. The maximum absolute atomic E-state index is 4.48. The van der Waals surface area contributed by atoms with E-state index in [0.29, 0.717) is 0 Å². The van der Waals surface area contributed by atoms with Gasteiger partial charge < -0.3 is 5.32 Å². The Balaban J connectivity index is 2.20. The first-order valence-electron chi connectivity index (χ1n) is 5.78. The van der Waals surface area contributed by atoms with Crippen molar-refractivity contribution in [2.75, 3.05) is 6.54 Å². The first kappa shape index (κ1) is 14.2. The van der Waals surface area contributed by atoms with Crippen LogP contribution >= 0.6 is 43.2 Å². The van der Waals surface area contributed by atoms with E-state index in [0.717, 1.165) is 23.1 Å². The molecule has 0 aliphatic rings. The number of hydrogen-bond donors (Lipinski definition) is 1. The predicted molar refractivity (Wildman–Crippen MR) is 84.1 cm³/mol. The van der Waals surface area contributed by atoms with Crippen molar-refractivity contribution in [3.05, 3.63) is 49.3 Å². The van der Waals surface area contributed by atoms with E-state index >= 15 is 0 Å². The molecule has 0 aliphatic carbocycles. The molecule has 2 nitrogen and oxygen atoms in total. The summed E-state index contributed by atoms with van der Waals surface area (Å²) in [5.74, 6) is 0. The molecule has 0 saturated carbocycles. The Bertz CT molecular complexity index is 513. The third-order valence-electron chi connectivity index (χ3n) is 2.60. The van der Waals surface area contributed by atoms with Crippen molar-refractivity contribution >= 4 is 43.2 Å². The van der Waals surface area contributed by atoms with Crippen molar-refractivity contribution < 1.29 is 0 Å². The monoisotopic (exact) mass is 388 g/mol. The second-order valence-electron chi connectivity index (χ2n) is 3.89. The molecular weight excluding hydrogens is 376 g/mol. The lowest BCUT2D eigenvalue weighted by molar-refractivity contribution is 0.538. The Labute approximate surface area is 128 Å². The van der Waals surface area contributed by atoms with Crippen LogP contribution in [-0.4, -0.2) is 11.5 Å². The molecule has 0 aliphatic heterocycles. The second-order valence-corrected chi connectivity index (χ2v) is 7.29. The summed E-state index contributed by atoms with van der Waals surface area (Å²) in [4.78, 5) is 5.84. The summed E-state index contributed by atoms with van der Waals surface area (Å²) < 4.78 is 2.24. The fourth-order valence-corrected chi connectivity index (χ4v) is 3.89. The highest BCUT2D eigenvalue weighted by Gasteiger charge is 2.16. The standard InChI is InChI=1S/C13H14Br2N2S/c1-2-16-11(8-9-5-6-12(15)18-9)13-10(14)4-3-7-17-13/h3-7,11,16H,2,8H2,1H3. The maximum atomic E-state index is 4.48. The van der Waals surface area contributed by atoms with Crippen LogP contribution in [0.1, 0.15) is 23.5 Å². The van der Waals surface area contributed by atoms with Crippen LogP contribution in [-0.2, 0) is 6.42 Å². The zero-order valence-electron chi connectivity index (χ0n) is 9.99. The van der Waals surface area contributed by atoms with Gasteiger partial charge >= 0.3 is 0 Å². The minimum atomic E-state index is 0.246. The van der Waals surface area contributed by atoms with E-state index < -0.39 is 0 Å². The summed E-state index contributed by atoms with van der Waals surface area (Å²) in [5, 5.41) is 3.50. The first-order chi connectivity index (χ1) is 8.70. The smallest absolute Gasteiger partial charge is 0.0718 e. The molecule has 96 valence electrons. The van der Waals surface area contributed by atoms with Gasteiger partial charge in [0.15, 0.2) is 0 Å². The lowest BCUT2D eigenvalue weighted by Crippen LogP contribution is -2.24. The van der Waals surface area contributed by atoms with Gasteiger partial charge in [-0.1, -0.05) is 6.92 Å². The zero-order chi connectivity index (χ0) is 13.0. The Kier molecular flexibility index (Phi) is 5.36. The summed E-state index contributed by atoms with van der Waals surface area (Å²) >= 11 is 8.86. The average Bonchev–Trinajstić information content (AvgIpc) is 2.75. The zero-order valence-corrected chi connectivity index (χ0v) is 14.0. The largest absolute Gasteiger partial charge is 0.309 e. The highest BCUT2D eigenvalue weighted by Crippen LogP contribution is 2.28. The molecule has 18 heavy (non-hydrogen) atoms. The molecule has 0 aromatic carbocycles. The van der Waals surface area contributed by atoms with Crippen LogP contribution in [0.4, 0.5) is 0 Å². The van der Waals surface area contributed by atoms with Crippen LogP contribution in [0.2, 0.25) is 0 Å². The quantitative estimate of drug-likeness (QED) is 0.810. The Hall–Kier alpha value is -0.230. The molecule has 0 saturated heterocycles. The molecule has 2 heterocycles. The molecular formula is C13H14Br2N2S. The molecule has 1 atom stereocenters. The summed E-state index contributed by atoms with van der Waals surface area (Å²) in [6, 6.07) is 8.48. The highest BCUT2D eigenvalue weighted by molar-refractivity contribution is 9.11. The Morgan fingerprint density at radius 1 is 1.33 bits per heavy atom. The minimum absolute atomic E-state index is 0.246. The Morgan fingerprint density at radius 2 is 2.17 bits per heavy atom.